The number of hydrogen-bond donors (Lipinski definition) is 6. The molecular formula is C26H36N12O6. The molecule has 0 saturated carbocycles. The van der Waals surface area contributed by atoms with Gasteiger partial charge in [0, 0.05) is 27.6 Å². The first-order chi connectivity index (χ1) is 20.4. The molecule has 0 aliphatic carbocycles. The smallest absolute Gasteiger partial charge is 0.323 e. The monoisotopic (exact) mass is 612 g/mol. The predicted molar refractivity (Wildman–Crippen MR) is 161 cm³/mol. The van der Waals surface area contributed by atoms with E-state index < -0.39 is 34.5 Å². The van der Waals surface area contributed by atoms with E-state index in [1.54, 1.807) is 42.5 Å². The van der Waals surface area contributed by atoms with Crippen LogP contribution in [-0.2, 0) is 40.3 Å². The van der Waals surface area contributed by atoms with Crippen molar-refractivity contribution >= 4 is 17.9 Å². The highest BCUT2D eigenvalue weighted by Crippen LogP contribution is 2.14. The topological polar surface area (TPSA) is 336 Å². The van der Waals surface area contributed by atoms with Gasteiger partial charge in [-0.15, -0.1) is 0 Å². The molecule has 0 fully saturated rings. The summed E-state index contributed by atoms with van der Waals surface area (Å²) in [4.78, 5) is 39.7. The van der Waals surface area contributed by atoms with Crippen LogP contribution in [0.25, 0.3) is 31.3 Å². The van der Waals surface area contributed by atoms with E-state index in [9.17, 15) is 14.4 Å². The normalized spacial score (nSPS) is 13.9. The molecule has 0 saturated heterocycles. The van der Waals surface area contributed by atoms with Crippen LogP contribution >= 0.6 is 0 Å². The van der Waals surface area contributed by atoms with Crippen LogP contribution in [0.4, 0.5) is 0 Å². The van der Waals surface area contributed by atoms with E-state index in [2.05, 4.69) is 30.1 Å². The number of benzene rings is 2. The van der Waals surface area contributed by atoms with Crippen LogP contribution in [0.5, 0.6) is 0 Å². The van der Waals surface area contributed by atoms with E-state index >= 15 is 0 Å². The van der Waals surface area contributed by atoms with Crippen molar-refractivity contribution in [3.8, 4) is 0 Å². The summed E-state index contributed by atoms with van der Waals surface area (Å²) in [6.45, 7) is 4.52. The van der Waals surface area contributed by atoms with Crippen LogP contribution in [0.2, 0.25) is 0 Å². The third-order valence-electron chi connectivity index (χ3n) is 5.72. The maximum absolute atomic E-state index is 10.9. The Labute approximate surface area is 252 Å². The fraction of sp³-hybridized carbons (Fsp3) is 0.423. The van der Waals surface area contributed by atoms with Crippen molar-refractivity contribution in [1.82, 2.24) is 0 Å². The lowest BCUT2D eigenvalue weighted by atomic mass is 9.93. The molecule has 0 aliphatic heterocycles. The Morgan fingerprint density at radius 3 is 1.45 bits per heavy atom. The molecule has 3 atom stereocenters. The van der Waals surface area contributed by atoms with E-state index in [1.165, 1.54) is 20.8 Å². The number of azide groups is 3. The summed E-state index contributed by atoms with van der Waals surface area (Å²) in [5.74, 6) is -3.26. The number of rotatable bonds is 13. The molecule has 9 N–H and O–H groups in total. The summed E-state index contributed by atoms with van der Waals surface area (Å²) in [5, 5.41) is 36.1. The zero-order chi connectivity index (χ0) is 34.0. The first kappa shape index (κ1) is 38.7. The Balaban J connectivity index is 0.000000655. The van der Waals surface area contributed by atoms with Gasteiger partial charge in [0.2, 0.25) is 0 Å². The second-order valence-electron chi connectivity index (χ2n) is 10.3. The van der Waals surface area contributed by atoms with E-state index in [-0.39, 0.29) is 32.5 Å². The Bertz CT molecular complexity index is 1420. The Hall–Kier alpha value is -5.34. The van der Waals surface area contributed by atoms with Crippen LogP contribution in [0, 0.1) is 0 Å². The SMILES string of the molecule is CC(N)(CN=[N+]=[N-])C(=O)O.CC(N)(Cc1ccc(CN=[N+]=[N-])cc1)C(=O)O.CC(N)(Cc1cccc(CN=[N+]=[N-])c1)C(=O)O. The maximum atomic E-state index is 10.9. The van der Waals surface area contributed by atoms with E-state index in [0.717, 1.165) is 22.3 Å². The van der Waals surface area contributed by atoms with Crippen LogP contribution in [0.1, 0.15) is 43.0 Å². The fourth-order valence-electron chi connectivity index (χ4n) is 3.07. The van der Waals surface area contributed by atoms with E-state index in [1.807, 2.05) is 6.07 Å². The van der Waals surface area contributed by atoms with Gasteiger partial charge in [-0.1, -0.05) is 63.9 Å². The standard InChI is InChI=1S/2C11H14N4O2.C4H8N4O2/c1-11(12,10(16)17)6-8-2-4-9(5-3-8)7-14-15-13;1-11(12,10(16)17)6-8-3-2-4-9(5-8)7-14-15-13;1-4(5,3(9)10)2-7-8-6/h2*2-5H,6-7,12H2,1H3,(H,16,17);2,5H2,1H3,(H,9,10). The minimum absolute atomic E-state index is 0.229. The molecule has 0 aromatic heterocycles. The number of nitrogens with two attached hydrogens (primary N) is 3. The molecule has 18 nitrogen and oxygen atoms in total. The molecule has 2 aromatic rings. The first-order valence-electron chi connectivity index (χ1n) is 12.7. The van der Waals surface area contributed by atoms with Crippen molar-refractivity contribution in [2.45, 2.75) is 63.3 Å². The number of carbonyl (C=O) groups is 3. The molecule has 0 spiro atoms. The zero-order valence-electron chi connectivity index (χ0n) is 24.5. The van der Waals surface area contributed by atoms with Crippen molar-refractivity contribution in [2.24, 2.45) is 32.5 Å². The number of hydrogen-bond acceptors (Lipinski definition) is 9. The Morgan fingerprint density at radius 1 is 0.636 bits per heavy atom. The van der Waals surface area contributed by atoms with E-state index in [4.69, 9.17) is 49.1 Å². The zero-order valence-corrected chi connectivity index (χ0v) is 24.5. The second-order valence-corrected chi connectivity index (χ2v) is 10.3. The number of carboxylic acids is 3. The number of nitrogens with zero attached hydrogens (tertiary/aromatic N) is 9. The van der Waals surface area contributed by atoms with E-state index in [0.29, 0.717) is 0 Å². The molecule has 0 radical (unpaired) electrons. The molecule has 0 bridgehead atoms. The van der Waals surface area contributed by atoms with Gasteiger partial charge in [0.15, 0.2) is 0 Å². The van der Waals surface area contributed by atoms with Gasteiger partial charge in [-0.3, -0.25) is 14.4 Å². The summed E-state index contributed by atoms with van der Waals surface area (Å²) >= 11 is 0. The van der Waals surface area contributed by atoms with Crippen molar-refractivity contribution in [3.63, 3.8) is 0 Å². The van der Waals surface area contributed by atoms with Crippen molar-refractivity contribution in [2.75, 3.05) is 6.54 Å². The lowest BCUT2D eigenvalue weighted by Crippen LogP contribution is -2.47. The molecule has 0 aliphatic rings. The van der Waals surface area contributed by atoms with Crippen molar-refractivity contribution in [3.05, 3.63) is 102 Å². The molecule has 0 amide bonds. The molecule has 0 heterocycles. The highest BCUT2D eigenvalue weighted by atomic mass is 16.4. The quantitative estimate of drug-likeness (QED) is 0.109. The van der Waals surface area contributed by atoms with Gasteiger partial charge < -0.3 is 32.5 Å². The lowest BCUT2D eigenvalue weighted by Gasteiger charge is -2.19. The fourth-order valence-corrected chi connectivity index (χ4v) is 3.07. The Kier molecular flexibility index (Phi) is 16.0. The summed E-state index contributed by atoms with van der Waals surface area (Å²) in [7, 11) is 0. The Morgan fingerprint density at radius 2 is 1.02 bits per heavy atom. The highest BCUT2D eigenvalue weighted by molar-refractivity contribution is 5.79. The summed E-state index contributed by atoms with van der Waals surface area (Å²) < 4.78 is 0. The van der Waals surface area contributed by atoms with Gasteiger partial charge in [0.25, 0.3) is 0 Å². The van der Waals surface area contributed by atoms with Crippen molar-refractivity contribution < 1.29 is 29.7 Å². The van der Waals surface area contributed by atoms with Crippen LogP contribution in [0.15, 0.2) is 63.9 Å². The highest BCUT2D eigenvalue weighted by Gasteiger charge is 2.29. The summed E-state index contributed by atoms with van der Waals surface area (Å²) in [6.07, 6.45) is 0.483. The van der Waals surface area contributed by atoms with Gasteiger partial charge in [0.1, 0.15) is 16.6 Å². The molecule has 3 unspecified atom stereocenters. The van der Waals surface area contributed by atoms with Gasteiger partial charge in [-0.05, 0) is 59.6 Å². The summed E-state index contributed by atoms with van der Waals surface area (Å²) in [5.41, 5.74) is 40.0. The predicted octanol–water partition coefficient (Wildman–Crippen LogP) is 3.78. The lowest BCUT2D eigenvalue weighted by molar-refractivity contribution is -0.143. The first-order valence-corrected chi connectivity index (χ1v) is 12.7. The largest absolute Gasteiger partial charge is 0.480 e. The molecule has 2 aromatic carbocycles. The van der Waals surface area contributed by atoms with Crippen LogP contribution < -0.4 is 17.2 Å². The van der Waals surface area contributed by atoms with Gasteiger partial charge in [0.05, 0.1) is 19.6 Å². The third kappa shape index (κ3) is 15.0. The molecular weight excluding hydrogens is 576 g/mol. The number of aliphatic carboxylic acids is 3. The molecule has 18 heteroatoms. The summed E-state index contributed by atoms with van der Waals surface area (Å²) in [6, 6.07) is 14.4. The van der Waals surface area contributed by atoms with Crippen LogP contribution in [0.3, 0.4) is 0 Å². The van der Waals surface area contributed by atoms with Gasteiger partial charge in [-0.2, -0.15) is 0 Å². The second kappa shape index (κ2) is 18.3. The molecule has 44 heavy (non-hydrogen) atoms. The minimum atomic E-state index is -1.45. The maximum Gasteiger partial charge on any atom is 0.323 e. The van der Waals surface area contributed by atoms with Crippen molar-refractivity contribution in [1.29, 1.82) is 0 Å². The average molecular weight is 613 g/mol. The van der Waals surface area contributed by atoms with Crippen LogP contribution in [-0.4, -0.2) is 56.4 Å². The number of carboxylic acid groups (broad SMARTS) is 3. The molecule has 236 valence electrons. The van der Waals surface area contributed by atoms with Gasteiger partial charge in [-0.25, -0.2) is 0 Å². The van der Waals surface area contributed by atoms with Gasteiger partial charge >= 0.3 is 17.9 Å². The molecule has 2 rings (SSSR count). The third-order valence-corrected chi connectivity index (χ3v) is 5.72. The minimum Gasteiger partial charge on any atom is -0.480 e. The average Bonchev–Trinajstić information content (AvgIpc) is 2.95.